The minimum atomic E-state index is 0.790. The van der Waals surface area contributed by atoms with Gasteiger partial charge in [-0.1, -0.05) is 0 Å². The normalized spacial score (nSPS) is 17.5. The fourth-order valence-electron chi connectivity index (χ4n) is 1.71. The van der Waals surface area contributed by atoms with E-state index < -0.39 is 0 Å². The highest BCUT2D eigenvalue weighted by molar-refractivity contribution is 4.98. The number of nitrogens with zero attached hydrogens (tertiary/aromatic N) is 3. The van der Waals surface area contributed by atoms with Gasteiger partial charge in [-0.3, -0.25) is 4.90 Å². The number of aromatic nitrogens is 2. The molecule has 16 heavy (non-hydrogen) atoms. The van der Waals surface area contributed by atoms with Gasteiger partial charge >= 0.3 is 0 Å². The molecule has 0 bridgehead atoms. The van der Waals surface area contributed by atoms with Crippen LogP contribution < -0.4 is 5.32 Å². The smallest absolute Gasteiger partial charge is 0.0768 e. The van der Waals surface area contributed by atoms with Crippen molar-refractivity contribution in [1.29, 1.82) is 0 Å². The molecule has 0 aliphatic carbocycles. The average molecular weight is 222 g/mol. The molecule has 88 valence electrons. The predicted octanol–water partition coefficient (Wildman–Crippen LogP) is -0.102. The van der Waals surface area contributed by atoms with E-state index >= 15 is 0 Å². The van der Waals surface area contributed by atoms with E-state index in [2.05, 4.69) is 20.4 Å². The van der Waals surface area contributed by atoms with Gasteiger partial charge < -0.3 is 10.1 Å². The fourth-order valence-corrected chi connectivity index (χ4v) is 1.71. The summed E-state index contributed by atoms with van der Waals surface area (Å²) in [5.41, 5.74) is 0.990. The molecule has 0 atom stereocenters. The number of rotatable bonds is 5. The summed E-state index contributed by atoms with van der Waals surface area (Å²) >= 11 is 0. The lowest BCUT2D eigenvalue weighted by Crippen LogP contribution is -2.40. The molecule has 0 spiro atoms. The van der Waals surface area contributed by atoms with Gasteiger partial charge in [-0.2, -0.15) is 10.2 Å². The summed E-state index contributed by atoms with van der Waals surface area (Å²) in [5.74, 6) is 0. The van der Waals surface area contributed by atoms with Crippen LogP contribution in [0.25, 0.3) is 0 Å². The molecule has 1 aliphatic rings. The van der Waals surface area contributed by atoms with Crippen molar-refractivity contribution in [2.75, 3.05) is 39.4 Å². The second-order valence-corrected chi connectivity index (χ2v) is 3.85. The zero-order valence-electron chi connectivity index (χ0n) is 9.43. The van der Waals surface area contributed by atoms with Gasteiger partial charge in [0.1, 0.15) is 0 Å². The van der Waals surface area contributed by atoms with E-state index in [4.69, 9.17) is 4.74 Å². The molecule has 1 fully saturated rings. The summed E-state index contributed by atoms with van der Waals surface area (Å²) in [6.07, 6.45) is 1.69. The second kappa shape index (κ2) is 6.52. The number of hydrogen-bond donors (Lipinski definition) is 1. The van der Waals surface area contributed by atoms with Crippen LogP contribution in [0.1, 0.15) is 5.69 Å². The molecule has 5 nitrogen and oxygen atoms in total. The maximum Gasteiger partial charge on any atom is 0.0768 e. The van der Waals surface area contributed by atoms with Crippen molar-refractivity contribution in [1.82, 2.24) is 20.4 Å². The third-order valence-corrected chi connectivity index (χ3v) is 2.64. The Hall–Kier alpha value is -1.04. The van der Waals surface area contributed by atoms with E-state index in [0.29, 0.717) is 0 Å². The molecule has 0 amide bonds. The Kier molecular flexibility index (Phi) is 4.67. The van der Waals surface area contributed by atoms with E-state index in [0.717, 1.165) is 51.6 Å². The molecule has 1 N–H and O–H groups in total. The van der Waals surface area contributed by atoms with E-state index in [1.165, 1.54) is 0 Å². The van der Waals surface area contributed by atoms with Crippen LogP contribution in [0.4, 0.5) is 0 Å². The second-order valence-electron chi connectivity index (χ2n) is 3.85. The quantitative estimate of drug-likeness (QED) is 0.705. The number of hydrogen-bond acceptors (Lipinski definition) is 5. The Balaban J connectivity index is 1.58. The van der Waals surface area contributed by atoms with Crippen LogP contribution in [0, 0.1) is 0 Å². The Morgan fingerprint density at radius 2 is 2.25 bits per heavy atom. The van der Waals surface area contributed by atoms with Crippen molar-refractivity contribution in [3.63, 3.8) is 0 Å². The van der Waals surface area contributed by atoms with Gasteiger partial charge in [-0.15, -0.1) is 0 Å². The van der Waals surface area contributed by atoms with E-state index in [9.17, 15) is 0 Å². The Labute approximate surface area is 95.8 Å². The highest BCUT2D eigenvalue weighted by Gasteiger charge is 2.08. The van der Waals surface area contributed by atoms with Gasteiger partial charge in [0, 0.05) is 38.9 Å². The summed E-state index contributed by atoms with van der Waals surface area (Å²) in [7, 11) is 0. The largest absolute Gasteiger partial charge is 0.379 e. The van der Waals surface area contributed by atoms with Crippen molar-refractivity contribution in [2.45, 2.75) is 6.54 Å². The molecular formula is C11H18N4O. The highest BCUT2D eigenvalue weighted by atomic mass is 16.5. The van der Waals surface area contributed by atoms with E-state index in [1.807, 2.05) is 12.1 Å². The highest BCUT2D eigenvalue weighted by Crippen LogP contribution is 1.95. The molecule has 0 saturated carbocycles. The van der Waals surface area contributed by atoms with Gasteiger partial charge in [-0.25, -0.2) is 0 Å². The molecular weight excluding hydrogens is 204 g/mol. The van der Waals surface area contributed by atoms with Gasteiger partial charge in [0.25, 0.3) is 0 Å². The Morgan fingerprint density at radius 3 is 3.00 bits per heavy atom. The molecule has 5 heteroatoms. The molecule has 2 heterocycles. The van der Waals surface area contributed by atoms with Crippen LogP contribution in [-0.4, -0.2) is 54.5 Å². The maximum absolute atomic E-state index is 5.29. The summed E-state index contributed by atoms with van der Waals surface area (Å²) in [4.78, 5) is 2.41. The van der Waals surface area contributed by atoms with Gasteiger partial charge in [0.15, 0.2) is 0 Å². The zero-order valence-corrected chi connectivity index (χ0v) is 9.43. The Bertz CT molecular complexity index is 287. The summed E-state index contributed by atoms with van der Waals surface area (Å²) < 4.78 is 5.29. The van der Waals surface area contributed by atoms with Crippen LogP contribution in [0.15, 0.2) is 18.3 Å². The van der Waals surface area contributed by atoms with E-state index in [-0.39, 0.29) is 0 Å². The first-order valence-corrected chi connectivity index (χ1v) is 5.72. The van der Waals surface area contributed by atoms with Crippen molar-refractivity contribution in [3.8, 4) is 0 Å². The average Bonchev–Trinajstić information content (AvgIpc) is 2.37. The van der Waals surface area contributed by atoms with Crippen molar-refractivity contribution in [3.05, 3.63) is 24.0 Å². The first-order chi connectivity index (χ1) is 7.95. The topological polar surface area (TPSA) is 50.3 Å². The van der Waals surface area contributed by atoms with Gasteiger partial charge in [0.05, 0.1) is 18.9 Å². The molecule has 1 aliphatic heterocycles. The number of ether oxygens (including phenoxy) is 1. The summed E-state index contributed by atoms with van der Waals surface area (Å²) in [5, 5.41) is 11.2. The molecule has 1 aromatic heterocycles. The third-order valence-electron chi connectivity index (χ3n) is 2.64. The van der Waals surface area contributed by atoms with Crippen LogP contribution in [0.5, 0.6) is 0 Å². The monoisotopic (exact) mass is 222 g/mol. The fraction of sp³-hybridized carbons (Fsp3) is 0.636. The van der Waals surface area contributed by atoms with Crippen molar-refractivity contribution >= 4 is 0 Å². The SMILES string of the molecule is c1cnnc(CNCCN2CCOCC2)c1. The van der Waals surface area contributed by atoms with Crippen LogP contribution in [-0.2, 0) is 11.3 Å². The number of nitrogens with one attached hydrogen (secondary N) is 1. The lowest BCUT2D eigenvalue weighted by molar-refractivity contribution is 0.0384. The van der Waals surface area contributed by atoms with Crippen LogP contribution >= 0.6 is 0 Å². The Morgan fingerprint density at radius 1 is 1.38 bits per heavy atom. The summed E-state index contributed by atoms with van der Waals surface area (Å²) in [6, 6.07) is 3.89. The van der Waals surface area contributed by atoms with Crippen molar-refractivity contribution in [2.24, 2.45) is 0 Å². The molecule has 0 aromatic carbocycles. The minimum absolute atomic E-state index is 0.790. The first-order valence-electron chi connectivity index (χ1n) is 5.72. The molecule has 1 saturated heterocycles. The van der Waals surface area contributed by atoms with Gasteiger partial charge in [0.2, 0.25) is 0 Å². The third kappa shape index (κ3) is 3.84. The molecule has 1 aromatic rings. The lowest BCUT2D eigenvalue weighted by atomic mass is 10.3. The maximum atomic E-state index is 5.29. The molecule has 2 rings (SSSR count). The molecule has 0 radical (unpaired) electrons. The standard InChI is InChI=1S/C11H18N4O/c1-2-11(14-13-3-1)10-12-4-5-15-6-8-16-9-7-15/h1-3,12H,4-10H2. The first kappa shape index (κ1) is 11.4. The van der Waals surface area contributed by atoms with E-state index in [1.54, 1.807) is 6.20 Å². The van der Waals surface area contributed by atoms with Gasteiger partial charge in [-0.05, 0) is 12.1 Å². The van der Waals surface area contributed by atoms with Crippen molar-refractivity contribution < 1.29 is 4.74 Å². The minimum Gasteiger partial charge on any atom is -0.379 e. The summed E-state index contributed by atoms with van der Waals surface area (Å²) in [6.45, 7) is 6.67. The van der Waals surface area contributed by atoms with Crippen LogP contribution in [0.2, 0.25) is 0 Å². The zero-order chi connectivity index (χ0) is 11.1. The molecule has 0 unspecified atom stereocenters. The lowest BCUT2D eigenvalue weighted by Gasteiger charge is -2.26. The van der Waals surface area contributed by atoms with Crippen LogP contribution in [0.3, 0.4) is 0 Å². The predicted molar refractivity (Wildman–Crippen MR) is 61.0 cm³/mol. The number of morpholine rings is 1.